The van der Waals surface area contributed by atoms with Crippen molar-refractivity contribution in [2.45, 2.75) is 187 Å². The Morgan fingerprint density at radius 2 is 1.01 bits per heavy atom. The average molecular weight is 1340 g/mol. The highest BCUT2D eigenvalue weighted by atomic mass is 16.4. The van der Waals surface area contributed by atoms with Crippen LogP contribution < -0.4 is 60.6 Å². The summed E-state index contributed by atoms with van der Waals surface area (Å²) in [5, 5.41) is 46.0. The third-order valence-electron chi connectivity index (χ3n) is 17.2. The van der Waals surface area contributed by atoms with Gasteiger partial charge in [-0.1, -0.05) is 84.2 Å². The van der Waals surface area contributed by atoms with Gasteiger partial charge in [-0.15, -0.1) is 0 Å². The van der Waals surface area contributed by atoms with Crippen LogP contribution in [0.4, 0.5) is 0 Å². The number of aliphatic hydroxyl groups excluding tert-OH is 1. The van der Waals surface area contributed by atoms with Gasteiger partial charge in [-0.3, -0.25) is 72.3 Å². The van der Waals surface area contributed by atoms with Gasteiger partial charge in [0.15, 0.2) is 40.8 Å². The lowest BCUT2D eigenvalue weighted by atomic mass is 9.82. The van der Waals surface area contributed by atoms with Crippen molar-refractivity contribution in [3.05, 3.63) is 35.9 Å². The van der Waals surface area contributed by atoms with Crippen LogP contribution in [0.25, 0.3) is 0 Å². The number of carbonyl (C=O) groups excluding carboxylic acids is 11. The Labute approximate surface area is 556 Å². The Morgan fingerprint density at radius 3 is 1.53 bits per heavy atom. The predicted octanol–water partition coefficient (Wildman–Crippen LogP) is -0.338. The van der Waals surface area contributed by atoms with Crippen LogP contribution in [0.1, 0.15) is 156 Å². The monoisotopic (exact) mass is 1340 g/mol. The Bertz CT molecular complexity index is 2770. The van der Waals surface area contributed by atoms with E-state index in [9.17, 15) is 77.6 Å². The molecule has 30 heteroatoms. The first-order chi connectivity index (χ1) is 45.0. The van der Waals surface area contributed by atoms with Gasteiger partial charge >= 0.3 is 11.9 Å². The number of carboxylic acid groups (broad SMARTS) is 2. The molecule has 2 rings (SSSR count). The van der Waals surface area contributed by atoms with Crippen LogP contribution in [0, 0.1) is 41.4 Å². The summed E-state index contributed by atoms with van der Waals surface area (Å²) in [6.45, 7) is 11.2. The Morgan fingerprint density at radius 1 is 0.537 bits per heavy atom. The molecule has 1 aromatic carbocycles. The fourth-order valence-electron chi connectivity index (χ4n) is 11.1. The lowest BCUT2D eigenvalue weighted by Gasteiger charge is -2.33. The number of aliphatic carboxylic acids is 2. The molecule has 0 spiro atoms. The maximum absolute atomic E-state index is 14.5. The van der Waals surface area contributed by atoms with E-state index in [1.54, 1.807) is 49.1 Å². The number of piperazine rings is 1. The van der Waals surface area contributed by atoms with E-state index in [1.807, 2.05) is 13.8 Å². The minimum Gasteiger partial charge on any atom is -0.481 e. The summed E-state index contributed by atoms with van der Waals surface area (Å²) in [6.07, 6.45) is -2.00. The number of Topliss-reactive ketones (excluding diaryl/α,β-unsaturated/α-hetero) is 5. The van der Waals surface area contributed by atoms with Crippen LogP contribution in [0.5, 0.6) is 0 Å². The molecule has 95 heavy (non-hydrogen) atoms. The summed E-state index contributed by atoms with van der Waals surface area (Å²) >= 11 is 0. The second-order valence-electron chi connectivity index (χ2n) is 24.8. The molecule has 1 aromatic rings. The van der Waals surface area contributed by atoms with Gasteiger partial charge in [0.25, 0.3) is 0 Å². The number of aliphatic imine (C=N–C) groups is 2. The molecule has 1 saturated heterocycles. The quantitative estimate of drug-likeness (QED) is 0.0225. The third-order valence-corrected chi connectivity index (χ3v) is 17.2. The molecule has 0 aliphatic carbocycles. The number of carboxylic acids is 2. The van der Waals surface area contributed by atoms with Gasteiger partial charge in [-0.2, -0.15) is 0 Å². The van der Waals surface area contributed by atoms with Crippen LogP contribution in [0.3, 0.4) is 0 Å². The highest BCUT2D eigenvalue weighted by molar-refractivity contribution is 5.99. The van der Waals surface area contributed by atoms with E-state index in [2.05, 4.69) is 41.9 Å². The second kappa shape index (κ2) is 44.4. The molecule has 0 aromatic heterocycles. The van der Waals surface area contributed by atoms with Gasteiger partial charge < -0.3 is 80.8 Å². The molecule has 532 valence electrons. The van der Waals surface area contributed by atoms with E-state index in [0.29, 0.717) is 51.9 Å². The van der Waals surface area contributed by atoms with Crippen molar-refractivity contribution in [1.29, 1.82) is 0 Å². The number of ketones is 5. The van der Waals surface area contributed by atoms with Gasteiger partial charge in [0.1, 0.15) is 6.04 Å². The molecule has 6 amide bonds. The topological polar surface area (TPSA) is 513 Å². The average Bonchev–Trinajstić information content (AvgIpc) is 0.986. The van der Waals surface area contributed by atoms with Crippen molar-refractivity contribution in [3.63, 3.8) is 0 Å². The molecule has 1 fully saturated rings. The zero-order valence-corrected chi connectivity index (χ0v) is 56.1. The number of nitrogens with zero attached hydrogens (tertiary/aromatic N) is 3. The summed E-state index contributed by atoms with van der Waals surface area (Å²) < 4.78 is 0. The van der Waals surface area contributed by atoms with Crippen molar-refractivity contribution < 1.29 is 77.6 Å². The predicted molar refractivity (Wildman–Crippen MR) is 354 cm³/mol. The molecule has 0 saturated carbocycles. The van der Waals surface area contributed by atoms with Gasteiger partial charge in [0.05, 0.1) is 37.2 Å². The summed E-state index contributed by atoms with van der Waals surface area (Å²) in [7, 11) is 0. The van der Waals surface area contributed by atoms with Crippen molar-refractivity contribution in [1.82, 2.24) is 36.8 Å². The molecular weight excluding hydrogens is 1230 g/mol. The number of aliphatic hydroxyl groups is 1. The van der Waals surface area contributed by atoms with E-state index in [4.69, 9.17) is 28.7 Å². The fraction of sp³-hybridized carbons (Fsp3) is 0.677. The normalized spacial score (nSPS) is 15.9. The van der Waals surface area contributed by atoms with Crippen molar-refractivity contribution in [2.24, 2.45) is 80.1 Å². The van der Waals surface area contributed by atoms with Crippen molar-refractivity contribution in [2.75, 3.05) is 52.4 Å². The van der Waals surface area contributed by atoms with Crippen LogP contribution in [0.15, 0.2) is 40.3 Å². The minimum absolute atomic E-state index is 0.00765. The first-order valence-electron chi connectivity index (χ1n) is 33.0. The van der Waals surface area contributed by atoms with E-state index < -0.39 is 175 Å². The molecule has 0 unspecified atom stereocenters. The van der Waals surface area contributed by atoms with Gasteiger partial charge in [0.2, 0.25) is 35.4 Å². The number of amides is 6. The number of guanidine groups is 2. The number of nitrogens with two attached hydrogens (primary N) is 5. The molecule has 19 N–H and O–H groups in total. The summed E-state index contributed by atoms with van der Waals surface area (Å²) in [4.78, 5) is 187. The van der Waals surface area contributed by atoms with Crippen LogP contribution in [-0.2, 0) is 68.7 Å². The van der Waals surface area contributed by atoms with Crippen molar-refractivity contribution >= 4 is 88.2 Å². The maximum atomic E-state index is 14.5. The molecular formula is C65H106N14O16. The number of rotatable bonds is 49. The lowest BCUT2D eigenvalue weighted by molar-refractivity contribution is -0.142. The number of benzene rings is 1. The van der Waals surface area contributed by atoms with Crippen LogP contribution >= 0.6 is 0 Å². The minimum atomic E-state index is -1.71. The number of nitrogens with one attached hydrogen (secondary N) is 6. The number of unbranched alkanes of at least 4 members (excludes halogenated alkanes) is 1. The number of hydrogen-bond donors (Lipinski definition) is 14. The SMILES string of the molecule is CC[C@H](C)[C@H](CC(=O)[C@H](CC(=O)O)NC(=O)[C@H](C)CC(=O)[C@H](CO)NC(=O)[C@H](CCCN=C(N)N)CC(=O)[C@H](CCCN=C(N)N)NC(=O)[C@H](CCCCN)CC(=O)[C@H](CCC(=O)O)NC(C)=O)C(=O)N[C@@H](Cc1ccccc1)C(=O)C[C@H](C(=O)N1CCNCC1)[C@@H](C)CC. The number of hydrogen-bond acceptors (Lipinski definition) is 18. The van der Waals surface area contributed by atoms with E-state index in [-0.39, 0.29) is 101 Å². The molecule has 0 radical (unpaired) electrons. The molecule has 1 aliphatic rings. The fourth-order valence-corrected chi connectivity index (χ4v) is 11.1. The second-order valence-corrected chi connectivity index (χ2v) is 24.8. The summed E-state index contributed by atoms with van der Waals surface area (Å²) in [6, 6.07) is 1.88. The van der Waals surface area contributed by atoms with Gasteiger partial charge in [0, 0.05) is 114 Å². The van der Waals surface area contributed by atoms with E-state index in [1.165, 1.54) is 6.92 Å². The molecule has 0 bridgehead atoms. The van der Waals surface area contributed by atoms with Gasteiger partial charge in [-0.25, -0.2) is 0 Å². The zero-order chi connectivity index (χ0) is 71.3. The largest absolute Gasteiger partial charge is 0.481 e. The summed E-state index contributed by atoms with van der Waals surface area (Å²) in [5.74, 6) is -16.8. The molecule has 1 heterocycles. The molecule has 30 nitrogen and oxygen atoms in total. The maximum Gasteiger partial charge on any atom is 0.305 e. The highest BCUT2D eigenvalue weighted by Crippen LogP contribution is 2.27. The Hall–Kier alpha value is -8.25. The van der Waals surface area contributed by atoms with Crippen LogP contribution in [0.2, 0.25) is 0 Å². The Balaban J connectivity index is 2.42. The van der Waals surface area contributed by atoms with E-state index in [0.717, 1.165) is 12.5 Å². The van der Waals surface area contributed by atoms with Crippen LogP contribution in [-0.4, -0.2) is 191 Å². The Kier molecular flexibility index (Phi) is 38.7. The summed E-state index contributed by atoms with van der Waals surface area (Å²) in [5.41, 5.74) is 28.6. The van der Waals surface area contributed by atoms with Gasteiger partial charge in [-0.05, 0) is 75.3 Å². The number of carbonyl (C=O) groups is 13. The standard InChI is InChI=1S/C65H106N14O16/c1-7-38(3)45(62(94)77-49(31-42-16-10-9-11-17-42)56(86)35-46(39(4)8-2)63(95)79-28-26-71-27-29-79)34-55(85)50(36-58(89)90)76-59(91)40(5)30-52(82)51(37-80)78-61(93)44(19-14-24-72-64(67)68)33-53(83)47(20-15-25-73-65(69)70)75-60(92)43(18-12-13-23-66)32-54(84)48(74-41(6)81)21-22-57(87)88/h9-11,16-17,38-40,43-51,71,80H,7-8,12-15,18-37,66H2,1-6H3,(H,74,81)(H,75,92)(H,76,91)(H,77,94)(H,78,93)(H,87,88)(H,89,90)(H4,67,68,72)(H4,69,70,73)/t38-,39-,40+,43+,44+,45-,46-,47-,48-,49-,50-,51-/m0/s1. The third kappa shape index (κ3) is 31.7. The van der Waals surface area contributed by atoms with E-state index >= 15 is 0 Å². The lowest BCUT2D eigenvalue weighted by Crippen LogP contribution is -2.51. The first-order valence-corrected chi connectivity index (χ1v) is 33.0. The zero-order valence-electron chi connectivity index (χ0n) is 56.1. The molecule has 12 atom stereocenters. The first kappa shape index (κ1) is 82.8. The van der Waals surface area contributed by atoms with Crippen molar-refractivity contribution in [3.8, 4) is 0 Å². The highest BCUT2D eigenvalue weighted by Gasteiger charge is 2.39. The smallest absolute Gasteiger partial charge is 0.305 e. The molecule has 1 aliphatic heterocycles.